The molecule has 4 heteroatoms. The van der Waals surface area contributed by atoms with E-state index in [2.05, 4.69) is 0 Å². The number of hydrogen-bond acceptors (Lipinski definition) is 3. The number of nitrogen functional groups attached to an aromatic ring is 1. The fraction of sp³-hybridized carbons (Fsp3) is 0.562. The van der Waals surface area contributed by atoms with Gasteiger partial charge in [-0.2, -0.15) is 0 Å². The third-order valence-corrected chi connectivity index (χ3v) is 4.22. The molecule has 4 nitrogen and oxygen atoms in total. The molecule has 1 aromatic carbocycles. The fourth-order valence-electron chi connectivity index (χ4n) is 2.30. The van der Waals surface area contributed by atoms with E-state index in [-0.39, 0.29) is 5.91 Å². The van der Waals surface area contributed by atoms with Crippen LogP contribution in [0.25, 0.3) is 0 Å². The number of hydrogen-bond donors (Lipinski definition) is 1. The lowest BCUT2D eigenvalue weighted by Crippen LogP contribution is -2.48. The molecular weight excluding hydrogens is 252 g/mol. The molecule has 1 aliphatic rings. The first-order valence-corrected chi connectivity index (χ1v) is 7.21. The van der Waals surface area contributed by atoms with Crippen LogP contribution < -0.4 is 5.73 Å². The minimum Gasteiger partial charge on any atom is -0.398 e. The molecule has 0 radical (unpaired) electrons. The highest BCUT2D eigenvalue weighted by Crippen LogP contribution is 2.32. The lowest BCUT2D eigenvalue weighted by atomic mass is 10.0. The number of carbonyl (C=O) groups is 1. The minimum absolute atomic E-state index is 0.0632. The Bertz CT molecular complexity index is 479. The van der Waals surface area contributed by atoms with Crippen LogP contribution in [0.3, 0.4) is 0 Å². The van der Waals surface area contributed by atoms with Crippen molar-refractivity contribution in [2.24, 2.45) is 0 Å². The normalized spacial score (nSPS) is 17.6. The molecule has 2 N–H and O–H groups in total. The molecule has 1 aliphatic carbocycles. The van der Waals surface area contributed by atoms with Crippen LogP contribution in [0, 0.1) is 0 Å². The Kier molecular flexibility index (Phi) is 4.33. The Morgan fingerprint density at radius 2 is 2.10 bits per heavy atom. The Morgan fingerprint density at radius 3 is 2.60 bits per heavy atom. The molecule has 2 rings (SSSR count). The number of ether oxygens (including phenoxy) is 1. The predicted octanol–water partition coefficient (Wildman–Crippen LogP) is 2.57. The van der Waals surface area contributed by atoms with E-state index >= 15 is 0 Å². The second-order valence-corrected chi connectivity index (χ2v) is 5.65. The molecule has 20 heavy (non-hydrogen) atoms. The zero-order valence-electron chi connectivity index (χ0n) is 12.6. The Labute approximate surface area is 120 Å². The van der Waals surface area contributed by atoms with Crippen molar-refractivity contribution in [2.75, 3.05) is 12.8 Å². The van der Waals surface area contributed by atoms with E-state index in [0.717, 1.165) is 24.1 Å². The number of amides is 1. The fourth-order valence-corrected chi connectivity index (χ4v) is 2.30. The Hall–Kier alpha value is -1.55. The number of nitrogens with zero attached hydrogens (tertiary/aromatic N) is 1. The number of nitrogens with two attached hydrogens (primary N) is 1. The number of anilines is 1. The van der Waals surface area contributed by atoms with Crippen molar-refractivity contribution in [3.63, 3.8) is 0 Å². The highest BCUT2D eigenvalue weighted by atomic mass is 16.5. The second-order valence-electron chi connectivity index (χ2n) is 5.65. The van der Waals surface area contributed by atoms with Gasteiger partial charge >= 0.3 is 0 Å². The maximum atomic E-state index is 12.8. The maximum Gasteiger partial charge on any atom is 0.255 e. The van der Waals surface area contributed by atoms with Crippen molar-refractivity contribution in [3.8, 4) is 0 Å². The van der Waals surface area contributed by atoms with Crippen LogP contribution in [0.2, 0.25) is 0 Å². The van der Waals surface area contributed by atoms with Crippen LogP contribution >= 0.6 is 0 Å². The summed E-state index contributed by atoms with van der Waals surface area (Å²) >= 11 is 0. The molecule has 0 aromatic heterocycles. The van der Waals surface area contributed by atoms with Gasteiger partial charge in [0, 0.05) is 25.4 Å². The molecule has 1 unspecified atom stereocenters. The number of methoxy groups -OCH3 is 1. The predicted molar refractivity (Wildman–Crippen MR) is 80.1 cm³/mol. The highest BCUT2D eigenvalue weighted by Gasteiger charge is 2.41. The number of benzene rings is 1. The van der Waals surface area contributed by atoms with Crippen molar-refractivity contribution in [1.29, 1.82) is 0 Å². The third-order valence-electron chi connectivity index (χ3n) is 4.22. The van der Waals surface area contributed by atoms with E-state index in [1.54, 1.807) is 7.11 Å². The largest absolute Gasteiger partial charge is 0.398 e. The molecule has 1 saturated carbocycles. The monoisotopic (exact) mass is 276 g/mol. The van der Waals surface area contributed by atoms with Crippen LogP contribution in [0.5, 0.6) is 0 Å². The molecule has 0 aliphatic heterocycles. The van der Waals surface area contributed by atoms with Gasteiger partial charge in [-0.3, -0.25) is 4.79 Å². The van der Waals surface area contributed by atoms with Gasteiger partial charge in [0.2, 0.25) is 0 Å². The quantitative estimate of drug-likeness (QED) is 0.812. The van der Waals surface area contributed by atoms with E-state index in [0.29, 0.717) is 19.0 Å². The van der Waals surface area contributed by atoms with Crippen LogP contribution in [0.15, 0.2) is 24.3 Å². The van der Waals surface area contributed by atoms with Gasteiger partial charge in [0.15, 0.2) is 0 Å². The molecule has 1 amide bonds. The van der Waals surface area contributed by atoms with E-state index in [1.165, 1.54) is 0 Å². The topological polar surface area (TPSA) is 55.6 Å². The summed E-state index contributed by atoms with van der Waals surface area (Å²) in [5.41, 5.74) is 6.99. The number of carbonyl (C=O) groups excluding carboxylic acids is 1. The Morgan fingerprint density at radius 1 is 1.45 bits per heavy atom. The highest BCUT2D eigenvalue weighted by molar-refractivity contribution is 5.85. The van der Waals surface area contributed by atoms with Crippen LogP contribution in [-0.4, -0.2) is 29.6 Å². The standard InChI is InChI=1S/C16H24N2O2/c1-4-16(2,20-3)15(19)18(13-9-10-13)11-12-7-5-6-8-14(12)17/h5-8,13H,4,9-11,17H2,1-3H3. The van der Waals surface area contributed by atoms with Crippen LogP contribution in [-0.2, 0) is 16.1 Å². The zero-order valence-corrected chi connectivity index (χ0v) is 12.6. The number of para-hydroxylation sites is 1. The molecule has 0 bridgehead atoms. The first kappa shape index (κ1) is 14.9. The summed E-state index contributed by atoms with van der Waals surface area (Å²) in [6.45, 7) is 4.40. The zero-order chi connectivity index (χ0) is 14.8. The molecule has 0 heterocycles. The first-order chi connectivity index (χ1) is 9.51. The van der Waals surface area contributed by atoms with E-state index in [9.17, 15) is 4.79 Å². The second kappa shape index (κ2) is 5.83. The van der Waals surface area contributed by atoms with Gasteiger partial charge in [0.05, 0.1) is 0 Å². The maximum absolute atomic E-state index is 12.8. The van der Waals surface area contributed by atoms with Crippen molar-refractivity contribution in [3.05, 3.63) is 29.8 Å². The van der Waals surface area contributed by atoms with Gasteiger partial charge in [-0.25, -0.2) is 0 Å². The molecule has 1 fully saturated rings. The van der Waals surface area contributed by atoms with E-state index in [1.807, 2.05) is 43.0 Å². The summed E-state index contributed by atoms with van der Waals surface area (Å²) in [6, 6.07) is 8.06. The summed E-state index contributed by atoms with van der Waals surface area (Å²) < 4.78 is 5.45. The van der Waals surface area contributed by atoms with E-state index in [4.69, 9.17) is 10.5 Å². The van der Waals surface area contributed by atoms with Gasteiger partial charge in [-0.05, 0) is 37.8 Å². The van der Waals surface area contributed by atoms with Gasteiger partial charge in [-0.1, -0.05) is 25.1 Å². The lowest BCUT2D eigenvalue weighted by Gasteiger charge is -2.33. The lowest BCUT2D eigenvalue weighted by molar-refractivity contribution is -0.154. The smallest absolute Gasteiger partial charge is 0.255 e. The SMILES string of the molecule is CCC(C)(OC)C(=O)N(Cc1ccccc1N)C1CC1. The van der Waals surface area contributed by atoms with Crippen molar-refractivity contribution >= 4 is 11.6 Å². The molecular formula is C16H24N2O2. The third kappa shape index (κ3) is 2.96. The van der Waals surface area contributed by atoms with Gasteiger partial charge in [0.25, 0.3) is 5.91 Å². The summed E-state index contributed by atoms with van der Waals surface area (Å²) in [5, 5.41) is 0. The summed E-state index contributed by atoms with van der Waals surface area (Å²) in [7, 11) is 1.60. The van der Waals surface area contributed by atoms with Crippen LogP contribution in [0.1, 0.15) is 38.7 Å². The summed E-state index contributed by atoms with van der Waals surface area (Å²) in [4.78, 5) is 14.7. The molecule has 110 valence electrons. The minimum atomic E-state index is -0.744. The van der Waals surface area contributed by atoms with Gasteiger partial charge in [0.1, 0.15) is 5.60 Å². The average Bonchev–Trinajstić information content (AvgIpc) is 3.29. The van der Waals surface area contributed by atoms with Gasteiger partial charge in [-0.15, -0.1) is 0 Å². The number of rotatable bonds is 6. The van der Waals surface area contributed by atoms with Crippen molar-refractivity contribution in [1.82, 2.24) is 4.90 Å². The summed E-state index contributed by atoms with van der Waals surface area (Å²) in [5.74, 6) is 0.0632. The van der Waals surface area contributed by atoms with E-state index < -0.39 is 5.60 Å². The molecule has 0 saturated heterocycles. The molecule has 0 spiro atoms. The van der Waals surface area contributed by atoms with Gasteiger partial charge < -0.3 is 15.4 Å². The first-order valence-electron chi connectivity index (χ1n) is 7.21. The van der Waals surface area contributed by atoms with Crippen molar-refractivity contribution < 1.29 is 9.53 Å². The van der Waals surface area contributed by atoms with Crippen molar-refractivity contribution in [2.45, 2.75) is 51.3 Å². The van der Waals surface area contributed by atoms with Crippen LogP contribution in [0.4, 0.5) is 5.69 Å². The molecule has 1 atom stereocenters. The average molecular weight is 276 g/mol. The Balaban J connectivity index is 2.20. The molecule has 1 aromatic rings. The summed E-state index contributed by atoms with van der Waals surface area (Å²) in [6.07, 6.45) is 2.81.